The van der Waals surface area contributed by atoms with E-state index in [2.05, 4.69) is 9.97 Å². The zero-order valence-electron chi connectivity index (χ0n) is 15.5. The number of aromatic amines is 1. The molecule has 1 unspecified atom stereocenters. The van der Waals surface area contributed by atoms with Gasteiger partial charge >= 0.3 is 11.7 Å². The fourth-order valence-electron chi connectivity index (χ4n) is 3.09. The van der Waals surface area contributed by atoms with E-state index in [9.17, 15) is 14.4 Å². The second kappa shape index (κ2) is 7.55. The number of rotatable bonds is 4. The van der Waals surface area contributed by atoms with Crippen molar-refractivity contribution in [2.24, 2.45) is 0 Å². The molecule has 2 heterocycles. The van der Waals surface area contributed by atoms with Gasteiger partial charge in [-0.1, -0.05) is 18.2 Å². The summed E-state index contributed by atoms with van der Waals surface area (Å²) in [7, 11) is 0. The molecule has 0 aliphatic rings. The summed E-state index contributed by atoms with van der Waals surface area (Å²) in [6, 6.07) is 16.7. The maximum absolute atomic E-state index is 12.8. The molecule has 0 saturated heterocycles. The van der Waals surface area contributed by atoms with Crippen molar-refractivity contribution in [3.63, 3.8) is 0 Å². The normalized spacial score (nSPS) is 11.9. The Kier molecular flexibility index (Phi) is 4.78. The Balaban J connectivity index is 1.69. The van der Waals surface area contributed by atoms with Crippen LogP contribution < -0.4 is 11.2 Å². The van der Waals surface area contributed by atoms with Crippen LogP contribution in [0, 0.1) is 0 Å². The highest BCUT2D eigenvalue weighted by Gasteiger charge is 2.16. The molecule has 4 aromatic rings. The van der Waals surface area contributed by atoms with Crippen LogP contribution in [0.25, 0.3) is 16.6 Å². The predicted octanol–water partition coefficient (Wildman–Crippen LogP) is 2.99. The van der Waals surface area contributed by atoms with Crippen LogP contribution in [0.5, 0.6) is 0 Å². The number of ether oxygens (including phenoxy) is 1. The lowest BCUT2D eigenvalue weighted by atomic mass is 10.1. The molecule has 7 heteroatoms. The van der Waals surface area contributed by atoms with Crippen molar-refractivity contribution in [1.29, 1.82) is 0 Å². The third-order valence-electron chi connectivity index (χ3n) is 4.61. The molecule has 1 atom stereocenters. The Hall–Kier alpha value is -4.00. The minimum atomic E-state index is -0.579. The first kappa shape index (κ1) is 18.4. The number of fused-ring (bicyclic) bond motifs is 1. The summed E-state index contributed by atoms with van der Waals surface area (Å²) in [4.78, 5) is 44.4. The minimum absolute atomic E-state index is 0.242. The summed E-state index contributed by atoms with van der Waals surface area (Å²) < 4.78 is 6.54. The van der Waals surface area contributed by atoms with Crippen LogP contribution in [0.1, 0.15) is 28.9 Å². The van der Waals surface area contributed by atoms with Gasteiger partial charge in [-0.25, -0.2) is 14.2 Å². The van der Waals surface area contributed by atoms with E-state index in [1.54, 1.807) is 61.8 Å². The van der Waals surface area contributed by atoms with Crippen molar-refractivity contribution in [2.75, 3.05) is 0 Å². The number of pyridine rings is 1. The van der Waals surface area contributed by atoms with Crippen LogP contribution in [0.4, 0.5) is 0 Å². The highest BCUT2D eigenvalue weighted by molar-refractivity contribution is 5.94. The number of nitrogens with one attached hydrogen (secondary N) is 1. The van der Waals surface area contributed by atoms with Gasteiger partial charge in [0, 0.05) is 12.4 Å². The number of carbonyl (C=O) groups is 1. The van der Waals surface area contributed by atoms with Crippen molar-refractivity contribution >= 4 is 16.9 Å². The highest BCUT2D eigenvalue weighted by atomic mass is 16.5. The molecule has 29 heavy (non-hydrogen) atoms. The Morgan fingerprint density at radius 1 is 1.03 bits per heavy atom. The van der Waals surface area contributed by atoms with E-state index in [0.717, 1.165) is 10.1 Å². The maximum Gasteiger partial charge on any atom is 0.338 e. The van der Waals surface area contributed by atoms with Crippen molar-refractivity contribution in [3.8, 4) is 5.69 Å². The van der Waals surface area contributed by atoms with Crippen LogP contribution in [-0.4, -0.2) is 20.5 Å². The molecule has 0 aliphatic heterocycles. The number of carbonyl (C=O) groups excluding carboxylic acids is 1. The van der Waals surface area contributed by atoms with Gasteiger partial charge < -0.3 is 9.72 Å². The van der Waals surface area contributed by atoms with E-state index >= 15 is 0 Å². The molecule has 2 aromatic heterocycles. The van der Waals surface area contributed by atoms with Gasteiger partial charge in [-0.15, -0.1) is 0 Å². The monoisotopic (exact) mass is 387 g/mol. The van der Waals surface area contributed by atoms with Crippen molar-refractivity contribution < 1.29 is 9.53 Å². The van der Waals surface area contributed by atoms with E-state index < -0.39 is 23.3 Å². The summed E-state index contributed by atoms with van der Waals surface area (Å²) in [5.74, 6) is -0.552. The molecule has 1 N–H and O–H groups in total. The van der Waals surface area contributed by atoms with Gasteiger partial charge in [-0.2, -0.15) is 0 Å². The van der Waals surface area contributed by atoms with Gasteiger partial charge in [0.1, 0.15) is 6.10 Å². The average Bonchev–Trinajstić information content (AvgIpc) is 2.74. The quantitative estimate of drug-likeness (QED) is 0.543. The van der Waals surface area contributed by atoms with Crippen LogP contribution in [0.3, 0.4) is 0 Å². The summed E-state index contributed by atoms with van der Waals surface area (Å²) in [6.45, 7) is 1.76. The van der Waals surface area contributed by atoms with Crippen molar-refractivity contribution in [2.45, 2.75) is 13.0 Å². The SMILES string of the molecule is CC(OC(=O)c1ccc2c(=O)n(-c3ccccc3)c(=O)[nH]c2c1)c1ccncc1. The number of benzene rings is 2. The summed E-state index contributed by atoms with van der Waals surface area (Å²) >= 11 is 0. The molecule has 0 amide bonds. The van der Waals surface area contributed by atoms with Gasteiger partial charge in [0.15, 0.2) is 0 Å². The zero-order chi connectivity index (χ0) is 20.4. The maximum atomic E-state index is 12.8. The lowest BCUT2D eigenvalue weighted by Crippen LogP contribution is -2.33. The number of H-pyrrole nitrogens is 1. The zero-order valence-corrected chi connectivity index (χ0v) is 15.5. The average molecular weight is 387 g/mol. The largest absolute Gasteiger partial charge is 0.454 e. The Morgan fingerprint density at radius 3 is 2.48 bits per heavy atom. The molecule has 0 fully saturated rings. The third kappa shape index (κ3) is 3.58. The molecule has 0 aliphatic carbocycles. The van der Waals surface area contributed by atoms with Crippen LogP contribution in [0.2, 0.25) is 0 Å². The molecule has 4 rings (SSSR count). The Morgan fingerprint density at radius 2 is 1.76 bits per heavy atom. The Labute approximate surface area is 165 Å². The molecule has 0 saturated carbocycles. The van der Waals surface area contributed by atoms with Crippen LogP contribution >= 0.6 is 0 Å². The first-order valence-electron chi connectivity index (χ1n) is 9.00. The van der Waals surface area contributed by atoms with E-state index in [1.807, 2.05) is 0 Å². The second-order valence-electron chi connectivity index (χ2n) is 6.49. The number of nitrogens with zero attached hydrogens (tertiary/aromatic N) is 2. The molecule has 0 radical (unpaired) electrons. The first-order chi connectivity index (χ1) is 14.0. The number of para-hydroxylation sites is 1. The van der Waals surface area contributed by atoms with Crippen LogP contribution in [-0.2, 0) is 4.74 Å². The number of hydrogen-bond acceptors (Lipinski definition) is 5. The molecule has 144 valence electrons. The number of hydrogen-bond donors (Lipinski definition) is 1. The summed E-state index contributed by atoms with van der Waals surface area (Å²) in [6.07, 6.45) is 2.78. The lowest BCUT2D eigenvalue weighted by Gasteiger charge is -2.13. The van der Waals surface area contributed by atoms with E-state index in [0.29, 0.717) is 11.1 Å². The second-order valence-corrected chi connectivity index (χ2v) is 6.49. The van der Waals surface area contributed by atoms with Crippen molar-refractivity contribution in [1.82, 2.24) is 14.5 Å². The third-order valence-corrected chi connectivity index (χ3v) is 4.61. The fourth-order valence-corrected chi connectivity index (χ4v) is 3.09. The standard InChI is InChI=1S/C22H17N3O4/c1-14(15-9-11-23-12-10-15)29-21(27)16-7-8-18-19(13-16)24-22(28)25(20(18)26)17-5-3-2-4-6-17/h2-14H,1H3,(H,24,28). The Bertz CT molecular complexity index is 1290. The summed E-state index contributed by atoms with van der Waals surface area (Å²) in [5, 5.41) is 0.298. The number of esters is 1. The van der Waals surface area contributed by atoms with E-state index in [-0.39, 0.29) is 11.1 Å². The van der Waals surface area contributed by atoms with Crippen LogP contribution in [0.15, 0.2) is 82.6 Å². The van der Waals surface area contributed by atoms with E-state index in [1.165, 1.54) is 18.2 Å². The molecule has 0 bridgehead atoms. The van der Waals surface area contributed by atoms with Gasteiger partial charge in [0.2, 0.25) is 0 Å². The molecule has 7 nitrogen and oxygen atoms in total. The highest BCUT2D eigenvalue weighted by Crippen LogP contribution is 2.19. The fraction of sp³-hybridized carbons (Fsp3) is 0.0909. The van der Waals surface area contributed by atoms with Gasteiger partial charge in [0.05, 0.1) is 22.2 Å². The molecular formula is C22H17N3O4. The van der Waals surface area contributed by atoms with Gasteiger partial charge in [-0.3, -0.25) is 9.78 Å². The molecular weight excluding hydrogens is 370 g/mol. The van der Waals surface area contributed by atoms with Gasteiger partial charge in [-0.05, 0) is 55.0 Å². The first-order valence-corrected chi connectivity index (χ1v) is 9.00. The molecule has 0 spiro atoms. The molecule has 2 aromatic carbocycles. The van der Waals surface area contributed by atoms with Gasteiger partial charge in [0.25, 0.3) is 5.56 Å². The van der Waals surface area contributed by atoms with Crippen molar-refractivity contribution in [3.05, 3.63) is 105 Å². The minimum Gasteiger partial charge on any atom is -0.454 e. The lowest BCUT2D eigenvalue weighted by molar-refractivity contribution is 0.0338. The summed E-state index contributed by atoms with van der Waals surface area (Å²) in [5.41, 5.74) is 0.761. The predicted molar refractivity (Wildman–Crippen MR) is 108 cm³/mol. The van der Waals surface area contributed by atoms with E-state index in [4.69, 9.17) is 4.74 Å². The number of aromatic nitrogens is 3. The smallest absolute Gasteiger partial charge is 0.338 e. The topological polar surface area (TPSA) is 94.0 Å².